The Morgan fingerprint density at radius 3 is 1.64 bits per heavy atom. The van der Waals surface area contributed by atoms with E-state index in [-0.39, 0.29) is 38.7 Å². The molecule has 0 aliphatic carbocycles. The third-order valence-electron chi connectivity index (χ3n) is 7.05. The zero-order valence-electron chi connectivity index (χ0n) is 28.5. The van der Waals surface area contributed by atoms with E-state index in [0.29, 0.717) is 13.1 Å². The van der Waals surface area contributed by atoms with Gasteiger partial charge in [0.1, 0.15) is 23.9 Å². The van der Waals surface area contributed by atoms with Crippen LogP contribution in [0.5, 0.6) is 0 Å². The summed E-state index contributed by atoms with van der Waals surface area (Å²) in [6.07, 6.45) is 5.10. The Labute approximate surface area is 281 Å². The number of nitrogens with one attached hydrogen (secondary N) is 1. The smallest absolute Gasteiger partial charge is 0.408 e. The maximum Gasteiger partial charge on any atom is 0.408 e. The van der Waals surface area contributed by atoms with E-state index in [9.17, 15) is 24.0 Å². The summed E-state index contributed by atoms with van der Waals surface area (Å²) in [4.78, 5) is 64.3. The van der Waals surface area contributed by atoms with Crippen molar-refractivity contribution in [3.8, 4) is 0 Å². The fraction of sp³-hybridized carbons (Fsp3) is 0.686. The summed E-state index contributed by atoms with van der Waals surface area (Å²) < 4.78 is 15.7. The second-order valence-corrected chi connectivity index (χ2v) is 13.7. The lowest BCUT2D eigenvalue weighted by atomic mass is 10.1. The number of carbonyl (C=O) groups is 5. The highest BCUT2D eigenvalue weighted by Crippen LogP contribution is 2.15. The first kappa shape index (κ1) is 41.4. The number of hydrogen-bond donors (Lipinski definition) is 2. The molecule has 1 aromatic carbocycles. The van der Waals surface area contributed by atoms with Gasteiger partial charge in [-0.2, -0.15) is 0 Å². The molecule has 0 spiro atoms. The Morgan fingerprint density at radius 2 is 1.17 bits per heavy atom. The molecule has 12 heteroatoms. The van der Waals surface area contributed by atoms with Gasteiger partial charge in [-0.1, -0.05) is 37.8 Å². The predicted molar refractivity (Wildman–Crippen MR) is 180 cm³/mol. The van der Waals surface area contributed by atoms with E-state index in [0.717, 1.165) is 57.2 Å². The van der Waals surface area contributed by atoms with E-state index in [4.69, 9.17) is 19.9 Å². The summed E-state index contributed by atoms with van der Waals surface area (Å²) in [7, 11) is 0. The Hall–Kier alpha value is -3.67. The molecule has 2 heterocycles. The molecule has 2 aliphatic heterocycles. The van der Waals surface area contributed by atoms with Crippen molar-refractivity contribution in [2.75, 3.05) is 26.2 Å². The molecule has 47 heavy (non-hydrogen) atoms. The number of amides is 3. The second kappa shape index (κ2) is 19.9. The van der Waals surface area contributed by atoms with Crippen LogP contribution in [-0.4, -0.2) is 89.1 Å². The molecule has 0 radical (unpaired) electrons. The van der Waals surface area contributed by atoms with Gasteiger partial charge in [0.2, 0.25) is 11.8 Å². The van der Waals surface area contributed by atoms with Gasteiger partial charge in [0, 0.05) is 26.2 Å². The summed E-state index contributed by atoms with van der Waals surface area (Å²) in [5.41, 5.74) is 5.41. The number of carbonyl (C=O) groups excluding carboxylic acids is 5. The highest BCUT2D eigenvalue weighted by molar-refractivity contribution is 5.90. The van der Waals surface area contributed by atoms with Crippen LogP contribution >= 0.6 is 0 Å². The van der Waals surface area contributed by atoms with Gasteiger partial charge in [-0.25, -0.2) is 4.79 Å². The number of piperidine rings is 2. The van der Waals surface area contributed by atoms with E-state index in [1.807, 2.05) is 30.3 Å². The zero-order chi connectivity index (χ0) is 34.3. The summed E-state index contributed by atoms with van der Waals surface area (Å²) in [6, 6.07) is 7.46. The van der Waals surface area contributed by atoms with Gasteiger partial charge in [-0.15, -0.1) is 0 Å². The highest BCUT2D eigenvalue weighted by Gasteiger charge is 2.31. The van der Waals surface area contributed by atoms with Crippen molar-refractivity contribution in [2.45, 2.75) is 130 Å². The molecule has 0 saturated carbocycles. The minimum absolute atomic E-state index is 0. The molecule has 2 saturated heterocycles. The van der Waals surface area contributed by atoms with Crippen LogP contribution in [0.3, 0.4) is 0 Å². The number of rotatable bonds is 9. The fourth-order valence-corrected chi connectivity index (χ4v) is 4.99. The molecule has 0 unspecified atom stereocenters. The maximum atomic E-state index is 12.9. The number of hydrogen-bond acceptors (Lipinski definition) is 9. The lowest BCUT2D eigenvalue weighted by Crippen LogP contribution is -2.51. The van der Waals surface area contributed by atoms with Crippen molar-refractivity contribution in [3.63, 3.8) is 0 Å². The van der Waals surface area contributed by atoms with Gasteiger partial charge < -0.3 is 35.1 Å². The molecule has 3 amide bonds. The van der Waals surface area contributed by atoms with Gasteiger partial charge in [-0.3, -0.25) is 19.2 Å². The SMILES string of the molecule is C.CC(C)(C)OC(=O)C[C@H](N)C(=O)N1CCCCC1.CC(C)(C)OC(=O)C[C@H](NC(=O)OCc1ccccc1)C(=O)N1CCCCC1. The Kier molecular flexibility index (Phi) is 17.5. The average molecular weight is 663 g/mol. The quantitative estimate of drug-likeness (QED) is 0.282. The monoisotopic (exact) mass is 662 g/mol. The van der Waals surface area contributed by atoms with Crippen molar-refractivity contribution >= 4 is 29.8 Å². The molecule has 2 fully saturated rings. The van der Waals surface area contributed by atoms with Crippen LogP contribution < -0.4 is 11.1 Å². The number of ether oxygens (including phenoxy) is 3. The lowest BCUT2D eigenvalue weighted by molar-refractivity contribution is -0.157. The van der Waals surface area contributed by atoms with Crippen molar-refractivity contribution in [1.82, 2.24) is 15.1 Å². The van der Waals surface area contributed by atoms with Crippen molar-refractivity contribution in [1.29, 1.82) is 0 Å². The molecular weight excluding hydrogens is 604 g/mol. The standard InChI is InChI=1S/C21H30N2O5.C13H24N2O3.CH4/c1-21(2,3)28-18(24)14-17(19(25)23-12-8-5-9-13-23)22-20(26)27-15-16-10-6-4-7-11-16;1-13(2,3)18-11(16)9-10(14)12(17)15-7-5-4-6-8-15;/h4,6-7,10-11,17H,5,8-9,12-15H2,1-3H3,(H,22,26);10H,4-9,14H2,1-3H3;1H4/t17-;10-;/m00./s1. The van der Waals surface area contributed by atoms with Crippen molar-refractivity contribution in [3.05, 3.63) is 35.9 Å². The van der Waals surface area contributed by atoms with Crippen LogP contribution in [0.4, 0.5) is 4.79 Å². The van der Waals surface area contributed by atoms with Crippen LogP contribution in [0.2, 0.25) is 0 Å². The molecule has 2 atom stereocenters. The molecule has 0 aromatic heterocycles. The maximum absolute atomic E-state index is 12.9. The summed E-state index contributed by atoms with van der Waals surface area (Å²) in [5.74, 6) is -1.37. The van der Waals surface area contributed by atoms with E-state index < -0.39 is 41.3 Å². The summed E-state index contributed by atoms with van der Waals surface area (Å²) in [6.45, 7) is 13.5. The molecule has 266 valence electrons. The van der Waals surface area contributed by atoms with Crippen molar-refractivity contribution in [2.24, 2.45) is 5.73 Å². The van der Waals surface area contributed by atoms with E-state index in [1.54, 1.807) is 51.3 Å². The number of benzene rings is 1. The molecule has 0 bridgehead atoms. The van der Waals surface area contributed by atoms with Gasteiger partial charge in [0.15, 0.2) is 0 Å². The minimum Gasteiger partial charge on any atom is -0.460 e. The number of alkyl carbamates (subject to hydrolysis) is 1. The first-order valence-electron chi connectivity index (χ1n) is 16.3. The molecule has 1 aromatic rings. The second-order valence-electron chi connectivity index (χ2n) is 13.7. The van der Waals surface area contributed by atoms with E-state index in [2.05, 4.69) is 5.32 Å². The summed E-state index contributed by atoms with van der Waals surface area (Å²) >= 11 is 0. The van der Waals surface area contributed by atoms with Crippen LogP contribution in [-0.2, 0) is 40.0 Å². The van der Waals surface area contributed by atoms with E-state index >= 15 is 0 Å². The van der Waals surface area contributed by atoms with Crippen LogP contribution in [0.25, 0.3) is 0 Å². The Morgan fingerprint density at radius 1 is 0.723 bits per heavy atom. The third-order valence-corrected chi connectivity index (χ3v) is 7.05. The number of likely N-dealkylation sites (tertiary alicyclic amines) is 2. The topological polar surface area (TPSA) is 158 Å². The van der Waals surface area contributed by atoms with Crippen LogP contribution in [0, 0.1) is 0 Å². The normalized spacial score (nSPS) is 16.2. The average Bonchev–Trinajstić information content (AvgIpc) is 2.98. The Bertz CT molecular complexity index is 1130. The first-order valence-corrected chi connectivity index (χ1v) is 16.3. The summed E-state index contributed by atoms with van der Waals surface area (Å²) in [5, 5.41) is 2.55. The van der Waals surface area contributed by atoms with Crippen LogP contribution in [0.1, 0.15) is 106 Å². The highest BCUT2D eigenvalue weighted by atomic mass is 16.6. The van der Waals surface area contributed by atoms with Gasteiger partial charge in [0.25, 0.3) is 0 Å². The third kappa shape index (κ3) is 17.2. The largest absolute Gasteiger partial charge is 0.460 e. The van der Waals surface area contributed by atoms with Crippen molar-refractivity contribution < 1.29 is 38.2 Å². The molecule has 3 N–H and O–H groups in total. The number of nitrogens with zero attached hydrogens (tertiary/aromatic N) is 2. The van der Waals surface area contributed by atoms with Crippen LogP contribution in [0.15, 0.2) is 30.3 Å². The molecular formula is C35H58N4O8. The minimum atomic E-state index is -1.00. The van der Waals surface area contributed by atoms with Gasteiger partial charge in [0.05, 0.1) is 18.9 Å². The Balaban J connectivity index is 0.000000505. The van der Waals surface area contributed by atoms with Gasteiger partial charge >= 0.3 is 18.0 Å². The van der Waals surface area contributed by atoms with E-state index in [1.165, 1.54) is 0 Å². The predicted octanol–water partition coefficient (Wildman–Crippen LogP) is 4.72. The molecule has 12 nitrogen and oxygen atoms in total. The number of nitrogens with two attached hydrogens (primary N) is 1. The number of esters is 2. The zero-order valence-corrected chi connectivity index (χ0v) is 28.5. The fourth-order valence-electron chi connectivity index (χ4n) is 4.99. The molecule has 2 aliphatic rings. The molecule has 3 rings (SSSR count). The lowest BCUT2D eigenvalue weighted by Gasteiger charge is -2.30. The van der Waals surface area contributed by atoms with Gasteiger partial charge in [-0.05, 0) is 85.6 Å². The first-order chi connectivity index (χ1) is 21.5.